The molecule has 0 spiro atoms. The van der Waals surface area contributed by atoms with Gasteiger partial charge in [-0.2, -0.15) is 0 Å². The Morgan fingerprint density at radius 1 is 1.24 bits per heavy atom. The molecule has 110 valence electrons. The summed E-state index contributed by atoms with van der Waals surface area (Å²) in [5.74, 6) is 1.79. The van der Waals surface area contributed by atoms with Gasteiger partial charge >= 0.3 is 0 Å². The molecule has 1 aliphatic carbocycles. The lowest BCUT2D eigenvalue weighted by Crippen LogP contribution is -2.43. The summed E-state index contributed by atoms with van der Waals surface area (Å²) in [7, 11) is 0. The highest BCUT2D eigenvalue weighted by Gasteiger charge is 2.36. The van der Waals surface area contributed by atoms with E-state index in [1.54, 1.807) is 6.07 Å². The van der Waals surface area contributed by atoms with E-state index >= 15 is 0 Å². The van der Waals surface area contributed by atoms with Crippen molar-refractivity contribution in [2.24, 2.45) is 0 Å². The predicted octanol–water partition coefficient (Wildman–Crippen LogP) is 0.420. The van der Waals surface area contributed by atoms with Crippen LogP contribution in [0.2, 0.25) is 0 Å². The average Bonchev–Trinajstić information content (AvgIpc) is 3.01. The molecule has 2 fully saturated rings. The van der Waals surface area contributed by atoms with E-state index in [0.29, 0.717) is 17.5 Å². The number of carbonyl (C=O) groups is 1. The van der Waals surface area contributed by atoms with Gasteiger partial charge in [0.15, 0.2) is 5.69 Å². The molecule has 0 bridgehead atoms. The van der Waals surface area contributed by atoms with Gasteiger partial charge in [0, 0.05) is 31.1 Å². The molecule has 2 N–H and O–H groups in total. The van der Waals surface area contributed by atoms with Crippen molar-refractivity contribution in [2.45, 2.75) is 30.7 Å². The first-order chi connectivity index (χ1) is 10.3. The molecule has 1 saturated carbocycles. The quantitative estimate of drug-likeness (QED) is 0.840. The summed E-state index contributed by atoms with van der Waals surface area (Å²) in [6.45, 7) is 1.81. The Bertz CT molecular complexity index is 628. The van der Waals surface area contributed by atoms with Gasteiger partial charge in [0.25, 0.3) is 5.91 Å². The minimum absolute atomic E-state index is 0.125. The molecule has 0 radical (unpaired) electrons. The zero-order valence-corrected chi connectivity index (χ0v) is 11.3. The fourth-order valence-corrected chi connectivity index (χ4v) is 2.57. The third-order valence-corrected chi connectivity index (χ3v) is 4.08. The molecule has 1 amide bonds. The molecule has 8 nitrogen and oxygen atoms in total. The summed E-state index contributed by atoms with van der Waals surface area (Å²) in [4.78, 5) is 11.8. The number of rotatable bonds is 4. The van der Waals surface area contributed by atoms with Crippen LogP contribution in [0.4, 0.5) is 0 Å². The van der Waals surface area contributed by atoms with E-state index in [9.17, 15) is 4.79 Å². The van der Waals surface area contributed by atoms with Crippen LogP contribution in [0.15, 0.2) is 21.3 Å². The molecular formula is C13H15N5O3. The number of nitrogens with zero attached hydrogens (tertiary/aromatic N) is 3. The van der Waals surface area contributed by atoms with Gasteiger partial charge in [0.2, 0.25) is 11.8 Å². The van der Waals surface area contributed by atoms with Gasteiger partial charge in [-0.1, -0.05) is 5.16 Å². The van der Waals surface area contributed by atoms with Gasteiger partial charge in [0.1, 0.15) is 6.26 Å². The highest BCUT2D eigenvalue weighted by atomic mass is 16.5. The maximum Gasteiger partial charge on any atom is 0.273 e. The summed E-state index contributed by atoms with van der Waals surface area (Å²) in [5.41, 5.74) is 0.302. The van der Waals surface area contributed by atoms with Crippen molar-refractivity contribution in [3.8, 4) is 0 Å². The Labute approximate surface area is 120 Å². The van der Waals surface area contributed by atoms with Gasteiger partial charge in [0.05, 0.1) is 5.92 Å². The van der Waals surface area contributed by atoms with E-state index in [4.69, 9.17) is 4.42 Å². The van der Waals surface area contributed by atoms with Crippen molar-refractivity contribution in [3.63, 3.8) is 0 Å². The lowest BCUT2D eigenvalue weighted by Gasteiger charge is -2.33. The summed E-state index contributed by atoms with van der Waals surface area (Å²) >= 11 is 0. The van der Waals surface area contributed by atoms with Crippen molar-refractivity contribution in [2.75, 3.05) is 13.1 Å². The third kappa shape index (κ3) is 2.31. The van der Waals surface area contributed by atoms with Crippen LogP contribution in [-0.4, -0.2) is 40.4 Å². The molecule has 0 atom stereocenters. The Hall–Kier alpha value is -2.22. The van der Waals surface area contributed by atoms with Crippen molar-refractivity contribution in [1.82, 2.24) is 26.0 Å². The number of aromatic nitrogens is 3. The second-order valence-electron chi connectivity index (χ2n) is 5.56. The van der Waals surface area contributed by atoms with Gasteiger partial charge in [-0.15, -0.1) is 10.2 Å². The fraction of sp³-hybridized carbons (Fsp3) is 0.538. The zero-order chi connectivity index (χ0) is 14.2. The first-order valence-electron chi connectivity index (χ1n) is 7.05. The Morgan fingerprint density at radius 2 is 2.00 bits per heavy atom. The molecule has 2 aromatic heterocycles. The van der Waals surface area contributed by atoms with E-state index in [-0.39, 0.29) is 17.9 Å². The third-order valence-electron chi connectivity index (χ3n) is 4.08. The molecule has 0 aromatic carbocycles. The minimum atomic E-state index is -0.209. The SMILES string of the molecule is O=C(NC1CC(c2nnc(C3CNC3)o2)C1)c1ccon1. The molecule has 1 aliphatic heterocycles. The topological polar surface area (TPSA) is 106 Å². The predicted molar refractivity (Wildman–Crippen MR) is 69.6 cm³/mol. The minimum Gasteiger partial charge on any atom is -0.425 e. The van der Waals surface area contributed by atoms with Crippen molar-refractivity contribution >= 4 is 5.91 Å². The van der Waals surface area contributed by atoms with Crippen LogP contribution < -0.4 is 10.6 Å². The maximum atomic E-state index is 11.8. The van der Waals surface area contributed by atoms with Crippen LogP contribution in [-0.2, 0) is 0 Å². The molecule has 3 heterocycles. The molecule has 2 aliphatic rings. The zero-order valence-electron chi connectivity index (χ0n) is 11.3. The van der Waals surface area contributed by atoms with Crippen molar-refractivity contribution < 1.29 is 13.7 Å². The van der Waals surface area contributed by atoms with E-state index in [2.05, 4.69) is 30.5 Å². The Kier molecular flexibility index (Phi) is 2.95. The van der Waals surface area contributed by atoms with Crippen LogP contribution in [0.25, 0.3) is 0 Å². The van der Waals surface area contributed by atoms with Gasteiger partial charge in [-0.05, 0) is 12.8 Å². The summed E-state index contributed by atoms with van der Waals surface area (Å²) < 4.78 is 10.4. The highest BCUT2D eigenvalue weighted by molar-refractivity contribution is 5.92. The monoisotopic (exact) mass is 289 g/mol. The van der Waals surface area contributed by atoms with Crippen molar-refractivity contribution in [3.05, 3.63) is 29.8 Å². The van der Waals surface area contributed by atoms with Gasteiger partial charge in [-0.3, -0.25) is 4.79 Å². The van der Waals surface area contributed by atoms with Crippen LogP contribution >= 0.6 is 0 Å². The van der Waals surface area contributed by atoms with Crippen LogP contribution in [0.3, 0.4) is 0 Å². The number of carbonyl (C=O) groups excluding carboxylic acids is 1. The second-order valence-corrected chi connectivity index (χ2v) is 5.56. The smallest absolute Gasteiger partial charge is 0.273 e. The Morgan fingerprint density at radius 3 is 2.62 bits per heavy atom. The maximum absolute atomic E-state index is 11.8. The highest BCUT2D eigenvalue weighted by Crippen LogP contribution is 2.37. The molecule has 8 heteroatoms. The van der Waals surface area contributed by atoms with E-state index in [1.807, 2.05) is 0 Å². The summed E-state index contributed by atoms with van der Waals surface area (Å²) in [5, 5.41) is 17.9. The number of hydrogen-bond donors (Lipinski definition) is 2. The second kappa shape index (κ2) is 4.96. The van der Waals surface area contributed by atoms with E-state index in [0.717, 1.165) is 31.8 Å². The van der Waals surface area contributed by atoms with Crippen LogP contribution in [0.5, 0.6) is 0 Å². The lowest BCUT2D eigenvalue weighted by atomic mass is 9.80. The number of hydrogen-bond acceptors (Lipinski definition) is 7. The van der Waals surface area contributed by atoms with Crippen LogP contribution in [0, 0.1) is 0 Å². The summed E-state index contributed by atoms with van der Waals surface area (Å²) in [6, 6.07) is 1.67. The van der Waals surface area contributed by atoms with Gasteiger partial charge in [-0.25, -0.2) is 0 Å². The standard InChI is InChI=1S/C13H15N5O3/c19-11(10-1-2-20-18-10)15-9-3-7(4-9)12-16-17-13(21-12)8-5-14-6-8/h1-2,7-9,14H,3-6H2,(H,15,19). The van der Waals surface area contributed by atoms with Gasteiger partial charge < -0.3 is 19.6 Å². The summed E-state index contributed by atoms with van der Waals surface area (Å²) in [6.07, 6.45) is 3.01. The Balaban J connectivity index is 1.30. The first kappa shape index (κ1) is 12.5. The normalized spacial score (nSPS) is 25.1. The fourth-order valence-electron chi connectivity index (χ4n) is 2.57. The molecule has 2 aromatic rings. The molecular weight excluding hydrogens is 274 g/mol. The molecule has 4 rings (SSSR count). The number of nitrogens with one attached hydrogen (secondary N) is 2. The number of amides is 1. The average molecular weight is 289 g/mol. The van der Waals surface area contributed by atoms with Crippen molar-refractivity contribution in [1.29, 1.82) is 0 Å². The van der Waals surface area contributed by atoms with E-state index in [1.165, 1.54) is 6.26 Å². The van der Waals surface area contributed by atoms with Crippen LogP contribution in [0.1, 0.15) is 46.9 Å². The largest absolute Gasteiger partial charge is 0.425 e. The lowest BCUT2D eigenvalue weighted by molar-refractivity contribution is 0.0893. The molecule has 0 unspecified atom stereocenters. The molecule has 21 heavy (non-hydrogen) atoms. The first-order valence-corrected chi connectivity index (χ1v) is 7.05. The van der Waals surface area contributed by atoms with E-state index < -0.39 is 0 Å². The molecule has 1 saturated heterocycles.